The number of halogens is 2. The van der Waals surface area contributed by atoms with Crippen molar-refractivity contribution in [1.82, 2.24) is 0 Å². The van der Waals surface area contributed by atoms with Crippen molar-refractivity contribution in [1.29, 1.82) is 0 Å². The average Bonchev–Trinajstić information content (AvgIpc) is 3.46. The Labute approximate surface area is 246 Å². The summed E-state index contributed by atoms with van der Waals surface area (Å²) >= 11 is -2.00. The Hall–Kier alpha value is -2.31. The molecule has 0 N–H and O–H groups in total. The quantitative estimate of drug-likeness (QED) is 0.273. The third-order valence-corrected chi connectivity index (χ3v) is 15.7. The molecule has 0 aromatic heterocycles. The fourth-order valence-electron chi connectivity index (χ4n) is 6.02. The summed E-state index contributed by atoms with van der Waals surface area (Å²) in [6.45, 7) is 0. The Morgan fingerprint density at radius 2 is 1.29 bits per heavy atom. The fraction of sp³-hybridized carbons (Fsp3) is 0.171. The van der Waals surface area contributed by atoms with Gasteiger partial charge in [-0.05, 0) is 0 Å². The van der Waals surface area contributed by atoms with E-state index in [4.69, 9.17) is 0 Å². The molecule has 4 aromatic rings. The van der Waals surface area contributed by atoms with E-state index in [-0.39, 0.29) is 24.8 Å². The van der Waals surface area contributed by atoms with Gasteiger partial charge in [-0.3, -0.25) is 0 Å². The molecule has 0 saturated heterocycles. The van der Waals surface area contributed by atoms with E-state index in [1.807, 2.05) is 3.21 Å². The number of hydrogen-bond donors (Lipinski definition) is 0. The van der Waals surface area contributed by atoms with E-state index in [1.165, 1.54) is 58.2 Å². The topological polar surface area (TPSA) is 0 Å². The van der Waals surface area contributed by atoms with Gasteiger partial charge in [0.1, 0.15) is 0 Å². The van der Waals surface area contributed by atoms with Gasteiger partial charge in [-0.1, -0.05) is 0 Å². The monoisotopic (exact) mass is 610 g/mol. The molecular weight excluding hydrogens is 583 g/mol. The molecule has 1 fully saturated rings. The summed E-state index contributed by atoms with van der Waals surface area (Å²) < 4.78 is 5.47. The standard InChI is InChI=1S/C27H21.C5H5.C3H4.2ClH.Zr/c1-3-7-20(8-4-1)15-22-11-13-24-19-25-14-12-23(18-27(25)26(24)17-22)16-21-9-5-2-6-10-21;1-2-4-5-3-1;1-2-3-1;;;/h1-13,17-18H,15-16,19H2;1-3H,4H2;1-2H2;2*1H;/q;;;;;+2/p-2. The van der Waals surface area contributed by atoms with Crippen LogP contribution < -0.4 is 28.1 Å². The second kappa shape index (κ2) is 11.8. The van der Waals surface area contributed by atoms with Gasteiger partial charge in [0.05, 0.1) is 0 Å². The normalized spacial score (nSPS) is 14.0. The second-order valence-electron chi connectivity index (χ2n) is 10.5. The van der Waals surface area contributed by atoms with Crippen molar-refractivity contribution in [3.05, 3.63) is 146 Å². The molecule has 0 amide bonds. The van der Waals surface area contributed by atoms with E-state index < -0.39 is 21.3 Å². The molecule has 0 heterocycles. The van der Waals surface area contributed by atoms with Crippen LogP contribution in [-0.4, -0.2) is 3.21 Å². The molecule has 1 saturated carbocycles. The van der Waals surface area contributed by atoms with Gasteiger partial charge in [0.2, 0.25) is 0 Å². The van der Waals surface area contributed by atoms with Crippen LogP contribution in [0.15, 0.2) is 113 Å². The molecule has 0 unspecified atom stereocenters. The maximum atomic E-state index is 2.64. The maximum absolute atomic E-state index is 2.64. The van der Waals surface area contributed by atoms with Crippen LogP contribution in [0.1, 0.15) is 52.6 Å². The van der Waals surface area contributed by atoms with Crippen LogP contribution in [0.4, 0.5) is 0 Å². The first kappa shape index (κ1) is 27.3. The zero-order chi connectivity index (χ0) is 23.9. The van der Waals surface area contributed by atoms with E-state index in [0.717, 1.165) is 19.3 Å². The maximum Gasteiger partial charge on any atom is -1.00 e. The predicted molar refractivity (Wildman–Crippen MR) is 149 cm³/mol. The van der Waals surface area contributed by atoms with Crippen LogP contribution in [0.3, 0.4) is 0 Å². The fourth-order valence-corrected chi connectivity index (χ4v) is 14.0. The van der Waals surface area contributed by atoms with Crippen LogP contribution in [0.2, 0.25) is 0 Å². The number of fused-ring (bicyclic) bond motifs is 3. The Kier molecular flexibility index (Phi) is 8.49. The smallest absolute Gasteiger partial charge is 1.00 e. The largest absolute Gasteiger partial charge is 1.00 e. The zero-order valence-corrected chi connectivity index (χ0v) is 25.4. The first-order valence-electron chi connectivity index (χ1n) is 13.3. The van der Waals surface area contributed by atoms with Gasteiger partial charge in [0.25, 0.3) is 0 Å². The number of rotatable bonds is 6. The Bertz CT molecular complexity index is 1560. The van der Waals surface area contributed by atoms with Crippen molar-refractivity contribution in [3.8, 4) is 11.1 Å². The first-order chi connectivity index (χ1) is 17.8. The number of hydrogen-bond acceptors (Lipinski definition) is 0. The molecule has 0 spiro atoms. The van der Waals surface area contributed by atoms with Crippen LogP contribution in [0, 0.1) is 0 Å². The molecule has 3 heteroatoms. The molecular formula is C35H30Cl2Zr. The van der Waals surface area contributed by atoms with Gasteiger partial charge in [0, 0.05) is 0 Å². The SMILES string of the molecule is C1=CC[C]([Zr+2](=[C]2CC2)[c]2cc(Cc3ccccc3)cc3c2Cc2ccc(Cc4ccccc4)cc2-3)=C1.[Cl-].[Cl-]. The van der Waals surface area contributed by atoms with E-state index in [9.17, 15) is 0 Å². The van der Waals surface area contributed by atoms with Crippen molar-refractivity contribution in [3.63, 3.8) is 0 Å². The summed E-state index contributed by atoms with van der Waals surface area (Å²) in [5.74, 6) is 0. The molecule has 3 aliphatic carbocycles. The molecule has 7 rings (SSSR count). The molecule has 0 radical (unpaired) electrons. The van der Waals surface area contributed by atoms with E-state index in [1.54, 1.807) is 12.1 Å². The molecule has 188 valence electrons. The molecule has 38 heavy (non-hydrogen) atoms. The van der Waals surface area contributed by atoms with Crippen molar-refractivity contribution < 1.29 is 46.1 Å². The number of benzene rings is 4. The summed E-state index contributed by atoms with van der Waals surface area (Å²) in [4.78, 5) is 0. The van der Waals surface area contributed by atoms with Gasteiger partial charge in [-0.15, -0.1) is 0 Å². The van der Waals surface area contributed by atoms with Crippen molar-refractivity contribution in [2.24, 2.45) is 0 Å². The minimum atomic E-state index is -2.00. The third-order valence-electron chi connectivity index (χ3n) is 7.86. The minimum Gasteiger partial charge on any atom is -1.00 e. The molecule has 0 atom stereocenters. The van der Waals surface area contributed by atoms with Crippen molar-refractivity contribution >= 4 is 6.48 Å². The van der Waals surface area contributed by atoms with E-state index in [2.05, 4.69) is 109 Å². The van der Waals surface area contributed by atoms with Crippen LogP contribution in [0.25, 0.3) is 11.1 Å². The minimum absolute atomic E-state index is 0. The van der Waals surface area contributed by atoms with E-state index in [0.29, 0.717) is 0 Å². The summed E-state index contributed by atoms with van der Waals surface area (Å²) in [5.41, 5.74) is 11.9. The van der Waals surface area contributed by atoms with Gasteiger partial charge < -0.3 is 24.8 Å². The Morgan fingerprint density at radius 3 is 1.92 bits per heavy atom. The zero-order valence-electron chi connectivity index (χ0n) is 21.4. The predicted octanol–water partition coefficient (Wildman–Crippen LogP) is 1.50. The Morgan fingerprint density at radius 1 is 0.632 bits per heavy atom. The van der Waals surface area contributed by atoms with Gasteiger partial charge in [0.15, 0.2) is 0 Å². The summed E-state index contributed by atoms with van der Waals surface area (Å²) in [7, 11) is 0. The molecule has 4 aromatic carbocycles. The molecule has 3 aliphatic rings. The third kappa shape index (κ3) is 5.53. The summed E-state index contributed by atoms with van der Waals surface area (Å²) in [6, 6.07) is 34.3. The molecule has 0 nitrogen and oxygen atoms in total. The van der Waals surface area contributed by atoms with Crippen molar-refractivity contribution in [2.45, 2.75) is 38.5 Å². The average molecular weight is 613 g/mol. The molecule has 0 aliphatic heterocycles. The summed E-state index contributed by atoms with van der Waals surface area (Å²) in [5, 5.41) is 0. The van der Waals surface area contributed by atoms with Crippen LogP contribution >= 0.6 is 0 Å². The Balaban J connectivity index is 0.00000147. The second-order valence-corrected chi connectivity index (χ2v) is 16.9. The van der Waals surface area contributed by atoms with Gasteiger partial charge in [-0.2, -0.15) is 0 Å². The summed E-state index contributed by atoms with van der Waals surface area (Å²) in [6.07, 6.45) is 14.2. The van der Waals surface area contributed by atoms with Gasteiger partial charge in [-0.25, -0.2) is 0 Å². The molecule has 0 bridgehead atoms. The van der Waals surface area contributed by atoms with E-state index >= 15 is 0 Å². The van der Waals surface area contributed by atoms with Crippen molar-refractivity contribution in [2.75, 3.05) is 0 Å². The number of allylic oxidation sites excluding steroid dienone is 4. The first-order valence-corrected chi connectivity index (χ1v) is 16.9. The van der Waals surface area contributed by atoms with Gasteiger partial charge >= 0.3 is 223 Å². The van der Waals surface area contributed by atoms with Crippen LogP contribution in [-0.2, 0) is 40.5 Å². The van der Waals surface area contributed by atoms with Crippen LogP contribution in [0.5, 0.6) is 0 Å².